The van der Waals surface area contributed by atoms with Crippen molar-refractivity contribution < 1.29 is 4.74 Å². The Hall–Kier alpha value is -1.39. The Morgan fingerprint density at radius 1 is 1.20 bits per heavy atom. The van der Waals surface area contributed by atoms with Gasteiger partial charge in [-0.1, -0.05) is 32.0 Å². The predicted octanol–water partition coefficient (Wildman–Crippen LogP) is 3.92. The standard InChI is InChI=1S/C16H19BrN2O/c1-12(2)18-9-13-7-8-14(19-10-13)11-20-16-6-4-3-5-15(16)17/h3-8,10,12,18H,9,11H2,1-2H3. The van der Waals surface area contributed by atoms with Crippen LogP contribution in [0.3, 0.4) is 0 Å². The molecule has 1 aromatic heterocycles. The summed E-state index contributed by atoms with van der Waals surface area (Å²) in [7, 11) is 0. The van der Waals surface area contributed by atoms with Crippen LogP contribution in [0.25, 0.3) is 0 Å². The molecule has 0 bridgehead atoms. The zero-order valence-electron chi connectivity index (χ0n) is 11.8. The number of benzene rings is 1. The predicted molar refractivity (Wildman–Crippen MR) is 84.7 cm³/mol. The van der Waals surface area contributed by atoms with Gasteiger partial charge >= 0.3 is 0 Å². The summed E-state index contributed by atoms with van der Waals surface area (Å²) in [5, 5.41) is 3.37. The highest BCUT2D eigenvalue weighted by Gasteiger charge is 2.02. The van der Waals surface area contributed by atoms with Crippen molar-refractivity contribution in [2.75, 3.05) is 0 Å². The minimum Gasteiger partial charge on any atom is -0.486 e. The van der Waals surface area contributed by atoms with Crippen LogP contribution in [-0.4, -0.2) is 11.0 Å². The maximum atomic E-state index is 5.74. The number of rotatable bonds is 6. The molecule has 2 rings (SSSR count). The van der Waals surface area contributed by atoms with Crippen LogP contribution in [0, 0.1) is 0 Å². The number of para-hydroxylation sites is 1. The van der Waals surface area contributed by atoms with Gasteiger partial charge < -0.3 is 10.1 Å². The van der Waals surface area contributed by atoms with Crippen LogP contribution in [-0.2, 0) is 13.2 Å². The first-order valence-electron chi connectivity index (χ1n) is 6.69. The second kappa shape index (κ2) is 7.41. The third kappa shape index (κ3) is 4.62. The normalized spacial score (nSPS) is 10.8. The van der Waals surface area contributed by atoms with E-state index in [4.69, 9.17) is 4.74 Å². The molecule has 0 fully saturated rings. The summed E-state index contributed by atoms with van der Waals surface area (Å²) in [5.74, 6) is 0.833. The smallest absolute Gasteiger partial charge is 0.134 e. The Balaban J connectivity index is 1.89. The van der Waals surface area contributed by atoms with E-state index in [0.717, 1.165) is 22.5 Å². The Bertz CT molecular complexity index is 540. The number of aromatic nitrogens is 1. The second-order valence-electron chi connectivity index (χ2n) is 4.91. The highest BCUT2D eigenvalue weighted by atomic mass is 79.9. The van der Waals surface area contributed by atoms with E-state index in [1.54, 1.807) is 0 Å². The van der Waals surface area contributed by atoms with E-state index in [-0.39, 0.29) is 0 Å². The van der Waals surface area contributed by atoms with Gasteiger partial charge in [-0.2, -0.15) is 0 Å². The van der Waals surface area contributed by atoms with Crippen molar-refractivity contribution in [1.29, 1.82) is 0 Å². The number of nitrogens with one attached hydrogen (secondary N) is 1. The van der Waals surface area contributed by atoms with E-state index in [1.165, 1.54) is 5.56 Å². The second-order valence-corrected chi connectivity index (χ2v) is 5.77. The molecule has 0 saturated carbocycles. The fourth-order valence-electron chi connectivity index (χ4n) is 1.68. The molecule has 2 aromatic rings. The van der Waals surface area contributed by atoms with E-state index in [2.05, 4.69) is 46.1 Å². The van der Waals surface area contributed by atoms with Gasteiger partial charge in [-0.05, 0) is 39.7 Å². The summed E-state index contributed by atoms with van der Waals surface area (Å²) >= 11 is 3.46. The molecule has 0 unspecified atom stereocenters. The Kier molecular flexibility index (Phi) is 5.56. The fourth-order valence-corrected chi connectivity index (χ4v) is 2.08. The summed E-state index contributed by atoms with van der Waals surface area (Å²) in [5.41, 5.74) is 2.11. The molecule has 4 heteroatoms. The fraction of sp³-hybridized carbons (Fsp3) is 0.312. The number of ether oxygens (including phenoxy) is 1. The number of hydrogen-bond donors (Lipinski definition) is 1. The van der Waals surface area contributed by atoms with Gasteiger partial charge in [0.25, 0.3) is 0 Å². The third-order valence-electron chi connectivity index (χ3n) is 2.81. The van der Waals surface area contributed by atoms with E-state index >= 15 is 0 Å². The lowest BCUT2D eigenvalue weighted by Crippen LogP contribution is -2.21. The van der Waals surface area contributed by atoms with Crippen LogP contribution < -0.4 is 10.1 Å². The van der Waals surface area contributed by atoms with Crippen LogP contribution >= 0.6 is 15.9 Å². The quantitative estimate of drug-likeness (QED) is 0.869. The van der Waals surface area contributed by atoms with Gasteiger partial charge in [0.1, 0.15) is 12.4 Å². The van der Waals surface area contributed by atoms with Crippen molar-refractivity contribution in [1.82, 2.24) is 10.3 Å². The van der Waals surface area contributed by atoms with Gasteiger partial charge in [0, 0.05) is 18.8 Å². The largest absolute Gasteiger partial charge is 0.486 e. The molecular formula is C16H19BrN2O. The number of pyridine rings is 1. The van der Waals surface area contributed by atoms with Gasteiger partial charge in [-0.3, -0.25) is 4.98 Å². The summed E-state index contributed by atoms with van der Waals surface area (Å²) in [6.07, 6.45) is 1.90. The summed E-state index contributed by atoms with van der Waals surface area (Å²) in [6.45, 7) is 5.58. The van der Waals surface area contributed by atoms with Crippen molar-refractivity contribution in [2.45, 2.75) is 33.0 Å². The van der Waals surface area contributed by atoms with Crippen LogP contribution in [0.4, 0.5) is 0 Å². The maximum Gasteiger partial charge on any atom is 0.134 e. The van der Waals surface area contributed by atoms with Gasteiger partial charge in [-0.25, -0.2) is 0 Å². The molecule has 20 heavy (non-hydrogen) atoms. The van der Waals surface area contributed by atoms with Crippen LogP contribution in [0.15, 0.2) is 47.1 Å². The molecule has 1 heterocycles. The topological polar surface area (TPSA) is 34.1 Å². The van der Waals surface area contributed by atoms with Crippen LogP contribution in [0.5, 0.6) is 5.75 Å². The zero-order chi connectivity index (χ0) is 14.4. The van der Waals surface area contributed by atoms with Gasteiger partial charge in [0.15, 0.2) is 0 Å². The molecule has 0 saturated heterocycles. The summed E-state index contributed by atoms with van der Waals surface area (Å²) in [6, 6.07) is 12.4. The van der Waals surface area contributed by atoms with Crippen molar-refractivity contribution >= 4 is 15.9 Å². The highest BCUT2D eigenvalue weighted by Crippen LogP contribution is 2.24. The van der Waals surface area contributed by atoms with Crippen molar-refractivity contribution in [2.24, 2.45) is 0 Å². The lowest BCUT2D eigenvalue weighted by Gasteiger charge is -2.09. The molecule has 0 aliphatic carbocycles. The average Bonchev–Trinajstić information content (AvgIpc) is 2.45. The minimum absolute atomic E-state index is 0.473. The molecule has 0 radical (unpaired) electrons. The maximum absolute atomic E-state index is 5.74. The Morgan fingerprint density at radius 3 is 2.65 bits per heavy atom. The lowest BCUT2D eigenvalue weighted by atomic mass is 10.2. The van der Waals surface area contributed by atoms with E-state index < -0.39 is 0 Å². The lowest BCUT2D eigenvalue weighted by molar-refractivity contribution is 0.299. The van der Waals surface area contributed by atoms with E-state index in [0.29, 0.717) is 12.6 Å². The van der Waals surface area contributed by atoms with Crippen molar-refractivity contribution in [3.63, 3.8) is 0 Å². The molecule has 0 aliphatic heterocycles. The first-order chi connectivity index (χ1) is 9.65. The monoisotopic (exact) mass is 334 g/mol. The molecule has 1 aromatic carbocycles. The Labute approximate surface area is 128 Å². The first-order valence-corrected chi connectivity index (χ1v) is 7.49. The highest BCUT2D eigenvalue weighted by molar-refractivity contribution is 9.10. The molecule has 1 N–H and O–H groups in total. The SMILES string of the molecule is CC(C)NCc1ccc(COc2ccccc2Br)nc1. The third-order valence-corrected chi connectivity index (χ3v) is 3.47. The molecule has 0 amide bonds. The Morgan fingerprint density at radius 2 is 2.00 bits per heavy atom. The molecule has 0 spiro atoms. The van der Waals surface area contributed by atoms with E-state index in [9.17, 15) is 0 Å². The number of nitrogens with zero attached hydrogens (tertiary/aromatic N) is 1. The van der Waals surface area contributed by atoms with E-state index in [1.807, 2.05) is 36.5 Å². The first kappa shape index (κ1) is 15.0. The van der Waals surface area contributed by atoms with Crippen molar-refractivity contribution in [3.8, 4) is 5.75 Å². The summed E-state index contributed by atoms with van der Waals surface area (Å²) in [4.78, 5) is 4.42. The number of hydrogen-bond acceptors (Lipinski definition) is 3. The minimum atomic E-state index is 0.473. The average molecular weight is 335 g/mol. The van der Waals surface area contributed by atoms with Gasteiger partial charge in [0.05, 0.1) is 10.2 Å². The molecule has 0 atom stereocenters. The zero-order valence-corrected chi connectivity index (χ0v) is 13.4. The summed E-state index contributed by atoms with van der Waals surface area (Å²) < 4.78 is 6.69. The molecule has 106 valence electrons. The molecule has 0 aliphatic rings. The van der Waals surface area contributed by atoms with Gasteiger partial charge in [0.2, 0.25) is 0 Å². The number of halogens is 1. The molecular weight excluding hydrogens is 316 g/mol. The van der Waals surface area contributed by atoms with Gasteiger partial charge in [-0.15, -0.1) is 0 Å². The van der Waals surface area contributed by atoms with Crippen LogP contribution in [0.2, 0.25) is 0 Å². The van der Waals surface area contributed by atoms with Crippen molar-refractivity contribution in [3.05, 3.63) is 58.3 Å². The molecule has 3 nitrogen and oxygen atoms in total. The van der Waals surface area contributed by atoms with Crippen LogP contribution in [0.1, 0.15) is 25.1 Å².